The number of aliphatic hydroxyl groups is 1. The molecule has 4 aliphatic carbocycles. The standard InChI is InChI=1S/C26H43BrO3/c1-4-30-17-26(29)13-10-20-18-9-12-25(3)21(6-5-7-22(25)23(28)16-27)19(18)8-11-24(20,2)14-15-26/h18-22,29H,4-17H2,1-3H3. The maximum atomic E-state index is 12.8. The predicted molar refractivity (Wildman–Crippen MR) is 125 cm³/mol. The quantitative estimate of drug-likeness (QED) is 0.477. The summed E-state index contributed by atoms with van der Waals surface area (Å²) in [5, 5.41) is 11.7. The molecule has 4 aliphatic rings. The number of halogens is 1. The fourth-order valence-electron chi connectivity index (χ4n) is 8.62. The Labute approximate surface area is 192 Å². The molecule has 0 bridgehead atoms. The normalized spacial score (nSPS) is 48.8. The minimum absolute atomic E-state index is 0.207. The van der Waals surface area contributed by atoms with E-state index in [9.17, 15) is 9.90 Å². The first-order chi connectivity index (χ1) is 14.3. The summed E-state index contributed by atoms with van der Waals surface area (Å²) in [5.41, 5.74) is -0.0585. The van der Waals surface area contributed by atoms with Gasteiger partial charge in [0.05, 0.1) is 17.5 Å². The number of fused-ring (bicyclic) bond motifs is 5. The summed E-state index contributed by atoms with van der Waals surface area (Å²) in [6.45, 7) is 8.17. The number of hydrogen-bond acceptors (Lipinski definition) is 3. The van der Waals surface area contributed by atoms with Gasteiger partial charge in [-0.15, -0.1) is 0 Å². The van der Waals surface area contributed by atoms with Crippen molar-refractivity contribution in [3.63, 3.8) is 0 Å². The maximum absolute atomic E-state index is 12.8. The molecule has 0 radical (unpaired) electrons. The Hall–Kier alpha value is 0.0700. The van der Waals surface area contributed by atoms with Crippen molar-refractivity contribution in [2.24, 2.45) is 40.4 Å². The van der Waals surface area contributed by atoms with Gasteiger partial charge >= 0.3 is 0 Å². The van der Waals surface area contributed by atoms with Crippen LogP contribution < -0.4 is 0 Å². The van der Waals surface area contributed by atoms with Crippen molar-refractivity contribution >= 4 is 21.7 Å². The third-order valence-corrected chi connectivity index (χ3v) is 10.9. The van der Waals surface area contributed by atoms with Crippen LogP contribution in [-0.2, 0) is 9.53 Å². The Bertz CT molecular complexity index is 638. The minimum Gasteiger partial charge on any atom is -0.387 e. The van der Waals surface area contributed by atoms with E-state index < -0.39 is 5.60 Å². The largest absolute Gasteiger partial charge is 0.387 e. The van der Waals surface area contributed by atoms with Crippen LogP contribution in [0.4, 0.5) is 0 Å². The SMILES string of the molecule is CCOCC1(O)CCC2C3CCC4(C)C(C(=O)CBr)CCCC4C3CCC2(C)CC1. The van der Waals surface area contributed by atoms with Crippen molar-refractivity contribution in [3.8, 4) is 0 Å². The molecule has 1 N–H and O–H groups in total. The van der Waals surface area contributed by atoms with Gasteiger partial charge in [0, 0.05) is 12.5 Å². The van der Waals surface area contributed by atoms with E-state index in [-0.39, 0.29) is 11.3 Å². The highest BCUT2D eigenvalue weighted by Gasteiger charge is 2.58. The molecule has 4 fully saturated rings. The van der Waals surface area contributed by atoms with Crippen LogP contribution in [-0.4, -0.2) is 35.0 Å². The lowest BCUT2D eigenvalue weighted by molar-refractivity contribution is -0.144. The van der Waals surface area contributed by atoms with Gasteiger partial charge in [-0.2, -0.15) is 0 Å². The van der Waals surface area contributed by atoms with E-state index in [1.54, 1.807) is 0 Å². The van der Waals surface area contributed by atoms with Crippen molar-refractivity contribution in [2.45, 2.75) is 97.0 Å². The molecule has 0 amide bonds. The average Bonchev–Trinajstić information content (AvgIpc) is 2.87. The molecular formula is C26H43BrO3. The van der Waals surface area contributed by atoms with Gasteiger partial charge in [-0.25, -0.2) is 0 Å². The lowest BCUT2D eigenvalue weighted by Crippen LogP contribution is -2.55. The van der Waals surface area contributed by atoms with Crippen LogP contribution >= 0.6 is 15.9 Å². The first kappa shape index (κ1) is 23.2. The Morgan fingerprint density at radius 1 is 0.967 bits per heavy atom. The molecule has 3 nitrogen and oxygen atoms in total. The second-order valence-corrected chi connectivity index (χ2v) is 12.3. The lowest BCUT2D eigenvalue weighted by Gasteiger charge is -2.61. The predicted octanol–water partition coefficient (Wildman–Crippen LogP) is 6.16. The summed E-state index contributed by atoms with van der Waals surface area (Å²) in [4.78, 5) is 12.8. The molecule has 4 saturated carbocycles. The average molecular weight is 484 g/mol. The molecule has 8 unspecified atom stereocenters. The number of rotatable bonds is 5. The summed E-state index contributed by atoms with van der Waals surface area (Å²) >= 11 is 3.47. The molecule has 172 valence electrons. The zero-order valence-corrected chi connectivity index (χ0v) is 21.0. The van der Waals surface area contributed by atoms with E-state index >= 15 is 0 Å². The molecule has 0 aromatic carbocycles. The molecule has 0 aliphatic heterocycles. The zero-order chi connectivity index (χ0) is 21.6. The van der Waals surface area contributed by atoms with Crippen LogP contribution in [0.3, 0.4) is 0 Å². The molecule has 0 aromatic heterocycles. The lowest BCUT2D eigenvalue weighted by atomic mass is 9.43. The fourth-order valence-corrected chi connectivity index (χ4v) is 9.02. The zero-order valence-electron chi connectivity index (χ0n) is 19.4. The van der Waals surface area contributed by atoms with E-state index in [1.165, 1.54) is 38.5 Å². The van der Waals surface area contributed by atoms with Crippen LogP contribution in [0.5, 0.6) is 0 Å². The topological polar surface area (TPSA) is 46.5 Å². The summed E-state index contributed by atoms with van der Waals surface area (Å²) in [6, 6.07) is 0. The summed E-state index contributed by atoms with van der Waals surface area (Å²) in [6.07, 6.45) is 12.8. The minimum atomic E-state index is -0.632. The number of Topliss-reactive ketones (excluding diaryl/α,β-unsaturated/α-hetero) is 1. The van der Waals surface area contributed by atoms with E-state index in [0.717, 1.165) is 49.9 Å². The smallest absolute Gasteiger partial charge is 0.147 e. The van der Waals surface area contributed by atoms with Gasteiger partial charge in [0.25, 0.3) is 0 Å². The fraction of sp³-hybridized carbons (Fsp3) is 0.962. The van der Waals surface area contributed by atoms with Gasteiger partial charge in [0.15, 0.2) is 0 Å². The van der Waals surface area contributed by atoms with Crippen molar-refractivity contribution < 1.29 is 14.6 Å². The molecular weight excluding hydrogens is 440 g/mol. The van der Waals surface area contributed by atoms with Crippen molar-refractivity contribution in [2.75, 3.05) is 18.5 Å². The van der Waals surface area contributed by atoms with Crippen LogP contribution in [0.2, 0.25) is 0 Å². The van der Waals surface area contributed by atoms with Crippen molar-refractivity contribution in [3.05, 3.63) is 0 Å². The first-order valence-corrected chi connectivity index (χ1v) is 13.8. The van der Waals surface area contributed by atoms with Crippen LogP contribution in [0.15, 0.2) is 0 Å². The van der Waals surface area contributed by atoms with Crippen LogP contribution in [0.1, 0.15) is 91.4 Å². The van der Waals surface area contributed by atoms with E-state index in [0.29, 0.717) is 35.7 Å². The molecule has 8 atom stereocenters. The molecule has 0 aromatic rings. The highest BCUT2D eigenvalue weighted by Crippen LogP contribution is 2.65. The Kier molecular flexibility index (Phi) is 6.80. The van der Waals surface area contributed by atoms with Gasteiger partial charge in [0.1, 0.15) is 5.78 Å². The van der Waals surface area contributed by atoms with E-state index in [1.807, 2.05) is 6.92 Å². The van der Waals surface area contributed by atoms with Crippen LogP contribution in [0.25, 0.3) is 0 Å². The van der Waals surface area contributed by atoms with Gasteiger partial charge in [-0.3, -0.25) is 4.79 Å². The third-order valence-electron chi connectivity index (χ3n) is 10.4. The monoisotopic (exact) mass is 482 g/mol. The summed E-state index contributed by atoms with van der Waals surface area (Å²) in [5.74, 6) is 3.71. The molecule has 4 heteroatoms. The second kappa shape index (κ2) is 8.78. The number of ketones is 1. The molecule has 4 rings (SSSR count). The molecule has 0 heterocycles. The summed E-state index contributed by atoms with van der Waals surface area (Å²) in [7, 11) is 0. The molecule has 0 spiro atoms. The summed E-state index contributed by atoms with van der Waals surface area (Å²) < 4.78 is 5.67. The number of carbonyl (C=O) groups excluding carboxylic acids is 1. The number of hydrogen-bond donors (Lipinski definition) is 1. The number of ether oxygens (including phenoxy) is 1. The molecule has 30 heavy (non-hydrogen) atoms. The number of alkyl halides is 1. The van der Waals surface area contributed by atoms with Gasteiger partial charge in [-0.05, 0) is 106 Å². The van der Waals surface area contributed by atoms with Crippen molar-refractivity contribution in [1.82, 2.24) is 0 Å². The highest BCUT2D eigenvalue weighted by atomic mass is 79.9. The van der Waals surface area contributed by atoms with Gasteiger partial charge < -0.3 is 9.84 Å². The van der Waals surface area contributed by atoms with Crippen LogP contribution in [0, 0.1) is 40.4 Å². The Morgan fingerprint density at radius 2 is 1.70 bits per heavy atom. The number of carbonyl (C=O) groups is 1. The Morgan fingerprint density at radius 3 is 2.43 bits per heavy atom. The second-order valence-electron chi connectivity index (χ2n) is 11.8. The third kappa shape index (κ3) is 3.96. The molecule has 0 saturated heterocycles. The first-order valence-electron chi connectivity index (χ1n) is 12.7. The van der Waals surface area contributed by atoms with Gasteiger partial charge in [0.2, 0.25) is 0 Å². The highest BCUT2D eigenvalue weighted by molar-refractivity contribution is 9.09. The van der Waals surface area contributed by atoms with Crippen molar-refractivity contribution in [1.29, 1.82) is 0 Å². The Balaban J connectivity index is 1.55. The van der Waals surface area contributed by atoms with Gasteiger partial charge in [-0.1, -0.05) is 36.2 Å². The van der Waals surface area contributed by atoms with E-state index in [2.05, 4.69) is 29.8 Å². The van der Waals surface area contributed by atoms with E-state index in [4.69, 9.17) is 4.74 Å². The maximum Gasteiger partial charge on any atom is 0.147 e.